The highest BCUT2D eigenvalue weighted by atomic mass is 15.2. The van der Waals surface area contributed by atoms with Gasteiger partial charge in [0.2, 0.25) is 0 Å². The smallest absolute Gasteiger partial charge is 0.191 e. The van der Waals surface area contributed by atoms with Crippen molar-refractivity contribution in [1.82, 2.24) is 15.5 Å². The molecule has 4 heteroatoms. The molecule has 0 unspecified atom stereocenters. The van der Waals surface area contributed by atoms with Crippen LogP contribution in [0.2, 0.25) is 0 Å². The van der Waals surface area contributed by atoms with Gasteiger partial charge in [0, 0.05) is 19.6 Å². The fourth-order valence-corrected chi connectivity index (χ4v) is 1.85. The summed E-state index contributed by atoms with van der Waals surface area (Å²) in [4.78, 5) is 6.90. The molecule has 0 heterocycles. The molecule has 112 valence electrons. The summed E-state index contributed by atoms with van der Waals surface area (Å²) in [6.45, 7) is 10.9. The Morgan fingerprint density at radius 1 is 1.25 bits per heavy atom. The molecule has 0 aliphatic heterocycles. The van der Waals surface area contributed by atoms with Gasteiger partial charge in [-0.25, -0.2) is 4.99 Å². The number of rotatable bonds is 7. The quantitative estimate of drug-likeness (QED) is 0.591. The van der Waals surface area contributed by atoms with E-state index in [1.807, 2.05) is 0 Å². The molecule has 4 nitrogen and oxygen atoms in total. The number of aryl methyl sites for hydroxylation is 1. The molecule has 20 heavy (non-hydrogen) atoms. The number of likely N-dealkylation sites (N-methyl/N-ethyl adjacent to an activating group) is 1. The Labute approximate surface area is 123 Å². The van der Waals surface area contributed by atoms with Crippen LogP contribution in [0.15, 0.2) is 29.3 Å². The Bertz CT molecular complexity index is 415. The first kappa shape index (κ1) is 16.5. The first-order valence-corrected chi connectivity index (χ1v) is 7.42. The Morgan fingerprint density at radius 2 is 2.05 bits per heavy atom. The predicted octanol–water partition coefficient (Wildman–Crippen LogP) is 2.00. The number of hydrogen-bond donors (Lipinski definition) is 2. The summed E-state index contributed by atoms with van der Waals surface area (Å²) in [5.41, 5.74) is 2.52. The lowest BCUT2D eigenvalue weighted by Crippen LogP contribution is -2.40. The second kappa shape index (κ2) is 9.37. The molecule has 1 aromatic carbocycles. The Balaban J connectivity index is 2.49. The molecule has 0 amide bonds. The van der Waals surface area contributed by atoms with Crippen molar-refractivity contribution in [3.8, 4) is 0 Å². The van der Waals surface area contributed by atoms with Gasteiger partial charge in [-0.2, -0.15) is 0 Å². The van der Waals surface area contributed by atoms with E-state index < -0.39 is 0 Å². The molecular weight excluding hydrogens is 248 g/mol. The van der Waals surface area contributed by atoms with E-state index in [4.69, 9.17) is 0 Å². The highest BCUT2D eigenvalue weighted by Gasteiger charge is 1.99. The van der Waals surface area contributed by atoms with Gasteiger partial charge in [-0.3, -0.25) is 0 Å². The highest BCUT2D eigenvalue weighted by Crippen LogP contribution is 2.04. The van der Waals surface area contributed by atoms with Gasteiger partial charge in [0.15, 0.2) is 5.96 Å². The van der Waals surface area contributed by atoms with Crippen LogP contribution in [0.4, 0.5) is 0 Å². The van der Waals surface area contributed by atoms with Crippen molar-refractivity contribution in [1.29, 1.82) is 0 Å². The monoisotopic (exact) mass is 276 g/mol. The number of guanidine groups is 1. The first-order chi connectivity index (χ1) is 9.65. The maximum absolute atomic E-state index is 4.62. The molecule has 0 aliphatic rings. The molecule has 1 rings (SSSR count). The van der Waals surface area contributed by atoms with Crippen LogP contribution in [-0.4, -0.2) is 44.1 Å². The standard InChI is InChI=1S/C16H28N4/c1-5-17-16(18-10-11-20(4)6-2)19-13-15-9-7-8-14(3)12-15/h7-9,12H,5-6,10-11,13H2,1-4H3,(H2,17,18,19). The average Bonchev–Trinajstić information content (AvgIpc) is 2.44. The van der Waals surface area contributed by atoms with Crippen molar-refractivity contribution in [2.24, 2.45) is 4.99 Å². The number of benzene rings is 1. The molecule has 0 bridgehead atoms. The molecule has 0 radical (unpaired) electrons. The zero-order chi connectivity index (χ0) is 14.8. The Morgan fingerprint density at radius 3 is 2.70 bits per heavy atom. The van der Waals surface area contributed by atoms with E-state index in [0.717, 1.165) is 32.1 Å². The minimum atomic E-state index is 0.709. The molecular formula is C16H28N4. The third-order valence-electron chi connectivity index (χ3n) is 3.17. The summed E-state index contributed by atoms with van der Waals surface area (Å²) in [6, 6.07) is 8.48. The van der Waals surface area contributed by atoms with Crippen molar-refractivity contribution < 1.29 is 0 Å². The van der Waals surface area contributed by atoms with Crippen molar-refractivity contribution in [2.75, 3.05) is 33.2 Å². The lowest BCUT2D eigenvalue weighted by atomic mass is 10.1. The van der Waals surface area contributed by atoms with Crippen LogP contribution in [0, 0.1) is 6.92 Å². The Kier molecular flexibility index (Phi) is 7.73. The summed E-state index contributed by atoms with van der Waals surface area (Å²) in [5, 5.41) is 6.65. The summed E-state index contributed by atoms with van der Waals surface area (Å²) >= 11 is 0. The molecule has 1 aromatic rings. The molecule has 0 aromatic heterocycles. The van der Waals surface area contributed by atoms with Crippen LogP contribution in [-0.2, 0) is 6.54 Å². The second-order valence-corrected chi connectivity index (χ2v) is 5.01. The SMILES string of the molecule is CCNC(=NCc1cccc(C)c1)NCCN(C)CC. The number of aliphatic imine (C=N–C) groups is 1. The number of nitrogens with one attached hydrogen (secondary N) is 2. The van der Waals surface area contributed by atoms with Crippen LogP contribution in [0.5, 0.6) is 0 Å². The summed E-state index contributed by atoms with van der Waals surface area (Å²) in [5.74, 6) is 0.888. The van der Waals surface area contributed by atoms with E-state index in [2.05, 4.69) is 72.6 Å². The summed E-state index contributed by atoms with van der Waals surface area (Å²) in [6.07, 6.45) is 0. The van der Waals surface area contributed by atoms with Crippen LogP contribution >= 0.6 is 0 Å². The van der Waals surface area contributed by atoms with Gasteiger partial charge >= 0.3 is 0 Å². The van der Waals surface area contributed by atoms with Crippen LogP contribution in [0.25, 0.3) is 0 Å². The third kappa shape index (κ3) is 6.57. The van der Waals surface area contributed by atoms with Gasteiger partial charge in [-0.15, -0.1) is 0 Å². The van der Waals surface area contributed by atoms with Gasteiger partial charge < -0.3 is 15.5 Å². The largest absolute Gasteiger partial charge is 0.357 e. The van der Waals surface area contributed by atoms with Crippen molar-refractivity contribution in [3.05, 3.63) is 35.4 Å². The van der Waals surface area contributed by atoms with Crippen LogP contribution in [0.1, 0.15) is 25.0 Å². The van der Waals surface area contributed by atoms with Crippen LogP contribution in [0.3, 0.4) is 0 Å². The van der Waals surface area contributed by atoms with Crippen molar-refractivity contribution in [3.63, 3.8) is 0 Å². The van der Waals surface area contributed by atoms with E-state index >= 15 is 0 Å². The summed E-state index contributed by atoms with van der Waals surface area (Å²) in [7, 11) is 2.12. The fraction of sp³-hybridized carbons (Fsp3) is 0.562. The molecule has 2 N–H and O–H groups in total. The minimum absolute atomic E-state index is 0.709. The maximum atomic E-state index is 4.62. The highest BCUT2D eigenvalue weighted by molar-refractivity contribution is 5.79. The first-order valence-electron chi connectivity index (χ1n) is 7.42. The number of hydrogen-bond acceptors (Lipinski definition) is 2. The molecule has 0 spiro atoms. The van der Waals surface area contributed by atoms with Gasteiger partial charge in [-0.05, 0) is 33.0 Å². The van der Waals surface area contributed by atoms with Crippen LogP contribution < -0.4 is 10.6 Å². The average molecular weight is 276 g/mol. The van der Waals surface area contributed by atoms with E-state index in [0.29, 0.717) is 6.54 Å². The van der Waals surface area contributed by atoms with E-state index in [1.165, 1.54) is 11.1 Å². The van der Waals surface area contributed by atoms with E-state index in [-0.39, 0.29) is 0 Å². The topological polar surface area (TPSA) is 39.7 Å². The minimum Gasteiger partial charge on any atom is -0.357 e. The summed E-state index contributed by atoms with van der Waals surface area (Å²) < 4.78 is 0. The normalized spacial score (nSPS) is 11.8. The third-order valence-corrected chi connectivity index (χ3v) is 3.17. The lowest BCUT2D eigenvalue weighted by Gasteiger charge is -2.16. The second-order valence-electron chi connectivity index (χ2n) is 5.01. The molecule has 0 atom stereocenters. The van der Waals surface area contributed by atoms with E-state index in [9.17, 15) is 0 Å². The van der Waals surface area contributed by atoms with Gasteiger partial charge in [0.05, 0.1) is 6.54 Å². The van der Waals surface area contributed by atoms with E-state index in [1.54, 1.807) is 0 Å². The number of nitrogens with zero attached hydrogens (tertiary/aromatic N) is 2. The molecule has 0 saturated carbocycles. The maximum Gasteiger partial charge on any atom is 0.191 e. The van der Waals surface area contributed by atoms with Crippen molar-refractivity contribution >= 4 is 5.96 Å². The van der Waals surface area contributed by atoms with Gasteiger partial charge in [-0.1, -0.05) is 36.8 Å². The van der Waals surface area contributed by atoms with Gasteiger partial charge in [0.25, 0.3) is 0 Å². The molecule has 0 fully saturated rings. The fourth-order valence-electron chi connectivity index (χ4n) is 1.85. The zero-order valence-electron chi connectivity index (χ0n) is 13.2. The molecule has 0 saturated heterocycles. The zero-order valence-corrected chi connectivity index (χ0v) is 13.2. The molecule has 0 aliphatic carbocycles. The lowest BCUT2D eigenvalue weighted by molar-refractivity contribution is 0.357. The van der Waals surface area contributed by atoms with Crippen molar-refractivity contribution in [2.45, 2.75) is 27.3 Å². The Hall–Kier alpha value is -1.55. The van der Waals surface area contributed by atoms with Gasteiger partial charge in [0.1, 0.15) is 0 Å². The predicted molar refractivity (Wildman–Crippen MR) is 87.2 cm³/mol.